The van der Waals surface area contributed by atoms with Gasteiger partial charge < -0.3 is 10.6 Å². The smallest absolute Gasteiger partial charge is 0.223 e. The fourth-order valence-electron chi connectivity index (χ4n) is 3.85. The van der Waals surface area contributed by atoms with Gasteiger partial charge in [0.1, 0.15) is 0 Å². The van der Waals surface area contributed by atoms with E-state index in [9.17, 15) is 9.59 Å². The van der Waals surface area contributed by atoms with Crippen molar-refractivity contribution in [3.63, 3.8) is 0 Å². The van der Waals surface area contributed by atoms with Crippen molar-refractivity contribution < 1.29 is 9.59 Å². The molecule has 1 aliphatic carbocycles. The van der Waals surface area contributed by atoms with Gasteiger partial charge in [-0.1, -0.05) is 18.6 Å². The summed E-state index contributed by atoms with van der Waals surface area (Å²) in [5.74, 6) is 0.268. The molecule has 1 aromatic carbocycles. The zero-order chi connectivity index (χ0) is 19.9. The second-order valence-electron chi connectivity index (χ2n) is 8.07. The second kappa shape index (κ2) is 10.0. The van der Waals surface area contributed by atoms with Crippen molar-refractivity contribution >= 4 is 33.4 Å². The molecule has 0 saturated heterocycles. The van der Waals surface area contributed by atoms with Crippen LogP contribution in [0.15, 0.2) is 24.3 Å². The molecule has 0 aliphatic heterocycles. The maximum atomic E-state index is 12.3. The van der Waals surface area contributed by atoms with Crippen LogP contribution >= 0.6 is 11.3 Å². The molecule has 1 saturated carbocycles. The number of nitrogens with zero attached hydrogens (tertiary/aromatic N) is 1. The highest BCUT2D eigenvalue weighted by Crippen LogP contribution is 2.25. The minimum atomic E-state index is 0.0282. The highest BCUT2D eigenvalue weighted by molar-refractivity contribution is 7.18. The van der Waals surface area contributed by atoms with Crippen molar-refractivity contribution in [2.24, 2.45) is 5.92 Å². The van der Waals surface area contributed by atoms with E-state index >= 15 is 0 Å². The lowest BCUT2D eigenvalue weighted by molar-refractivity contribution is -0.128. The first kappa shape index (κ1) is 20.8. The van der Waals surface area contributed by atoms with Crippen LogP contribution < -0.4 is 10.6 Å². The number of aromatic nitrogens is 1. The van der Waals surface area contributed by atoms with E-state index in [4.69, 9.17) is 0 Å². The number of fused-ring (bicyclic) bond motifs is 1. The Labute approximate surface area is 171 Å². The second-order valence-corrected chi connectivity index (χ2v) is 9.19. The van der Waals surface area contributed by atoms with Crippen LogP contribution in [-0.4, -0.2) is 28.9 Å². The molecule has 0 bridgehead atoms. The molecule has 2 atom stereocenters. The minimum absolute atomic E-state index is 0.0282. The molecular weight excluding hydrogens is 370 g/mol. The number of benzene rings is 1. The summed E-state index contributed by atoms with van der Waals surface area (Å²) in [6.45, 7) is 3.96. The van der Waals surface area contributed by atoms with Crippen LogP contribution in [0.2, 0.25) is 0 Å². The molecule has 5 nitrogen and oxygen atoms in total. The molecule has 2 amide bonds. The van der Waals surface area contributed by atoms with Crippen molar-refractivity contribution in [3.05, 3.63) is 29.3 Å². The third-order valence-electron chi connectivity index (χ3n) is 5.22. The summed E-state index contributed by atoms with van der Waals surface area (Å²) in [6.07, 6.45) is 6.96. The topological polar surface area (TPSA) is 71.1 Å². The lowest BCUT2D eigenvalue weighted by atomic mass is 9.85. The van der Waals surface area contributed by atoms with Gasteiger partial charge in [0.15, 0.2) is 0 Å². The zero-order valence-corrected chi connectivity index (χ0v) is 17.7. The molecule has 0 spiro atoms. The van der Waals surface area contributed by atoms with Crippen LogP contribution in [0.3, 0.4) is 0 Å². The first-order chi connectivity index (χ1) is 13.5. The van der Waals surface area contributed by atoms with Crippen molar-refractivity contribution in [2.75, 3.05) is 0 Å². The maximum absolute atomic E-state index is 12.3. The first-order valence-corrected chi connectivity index (χ1v) is 11.3. The number of hydrogen-bond acceptors (Lipinski definition) is 4. The number of hydrogen-bond donors (Lipinski definition) is 2. The molecule has 1 aliphatic rings. The van der Waals surface area contributed by atoms with Gasteiger partial charge in [0.2, 0.25) is 11.8 Å². The van der Waals surface area contributed by atoms with E-state index in [2.05, 4.69) is 21.7 Å². The van der Waals surface area contributed by atoms with Crippen LogP contribution in [0.4, 0.5) is 0 Å². The summed E-state index contributed by atoms with van der Waals surface area (Å²) in [4.78, 5) is 29.2. The van der Waals surface area contributed by atoms with Crippen LogP contribution in [0.5, 0.6) is 0 Å². The van der Waals surface area contributed by atoms with E-state index in [-0.39, 0.29) is 29.8 Å². The first-order valence-electron chi connectivity index (χ1n) is 10.5. The zero-order valence-electron chi connectivity index (χ0n) is 16.9. The van der Waals surface area contributed by atoms with E-state index in [1.165, 1.54) is 4.70 Å². The fraction of sp³-hybridized carbons (Fsp3) is 0.591. The third kappa shape index (κ3) is 6.03. The normalized spacial score (nSPS) is 19.7. The number of carbonyl (C=O) groups is 2. The highest BCUT2D eigenvalue weighted by atomic mass is 32.1. The molecule has 2 aromatic rings. The molecule has 6 heteroatoms. The van der Waals surface area contributed by atoms with Crippen LogP contribution in [0, 0.1) is 5.92 Å². The van der Waals surface area contributed by atoms with Crippen LogP contribution in [-0.2, 0) is 16.0 Å². The Bertz CT molecular complexity index is 769. The standard InChI is InChI=1S/C22H31N3O2S/c1-15(2)23-22(27)16-8-7-9-17(14-16)24-20(26)12-5-6-13-21-25-18-10-3-4-11-19(18)28-21/h3-4,10-11,15-17H,5-9,12-14H2,1-2H3,(H,23,27)(H,24,26). The Morgan fingerprint density at radius 3 is 2.82 bits per heavy atom. The predicted octanol–water partition coefficient (Wildman–Crippen LogP) is 4.21. The average molecular weight is 402 g/mol. The lowest BCUT2D eigenvalue weighted by Crippen LogP contribution is -2.43. The summed E-state index contributed by atoms with van der Waals surface area (Å²) in [7, 11) is 0. The number of rotatable bonds is 8. The summed E-state index contributed by atoms with van der Waals surface area (Å²) >= 11 is 1.74. The average Bonchev–Trinajstić information content (AvgIpc) is 3.08. The predicted molar refractivity (Wildman–Crippen MR) is 114 cm³/mol. The van der Waals surface area contributed by atoms with Gasteiger partial charge in [-0.25, -0.2) is 4.98 Å². The lowest BCUT2D eigenvalue weighted by Gasteiger charge is -2.29. The number of nitrogens with one attached hydrogen (secondary N) is 2. The Morgan fingerprint density at radius 2 is 2.04 bits per heavy atom. The van der Waals surface area contributed by atoms with Gasteiger partial charge in [-0.3, -0.25) is 9.59 Å². The molecule has 1 heterocycles. The van der Waals surface area contributed by atoms with Gasteiger partial charge in [0, 0.05) is 24.4 Å². The molecule has 28 heavy (non-hydrogen) atoms. The van der Waals surface area contributed by atoms with Crippen molar-refractivity contribution in [3.8, 4) is 0 Å². The Hall–Kier alpha value is -1.95. The van der Waals surface area contributed by atoms with Gasteiger partial charge in [-0.2, -0.15) is 0 Å². The summed E-state index contributed by atoms with van der Waals surface area (Å²) < 4.78 is 1.23. The monoisotopic (exact) mass is 401 g/mol. The molecule has 3 rings (SSSR count). The van der Waals surface area contributed by atoms with Gasteiger partial charge in [-0.15, -0.1) is 11.3 Å². The van der Waals surface area contributed by atoms with E-state index in [1.54, 1.807) is 11.3 Å². The summed E-state index contributed by atoms with van der Waals surface area (Å²) in [5.41, 5.74) is 1.06. The molecule has 152 valence electrons. The van der Waals surface area contributed by atoms with Gasteiger partial charge >= 0.3 is 0 Å². The van der Waals surface area contributed by atoms with E-state index in [0.29, 0.717) is 6.42 Å². The van der Waals surface area contributed by atoms with Crippen LogP contribution in [0.1, 0.15) is 63.8 Å². The molecule has 2 unspecified atom stereocenters. The third-order valence-corrected chi connectivity index (χ3v) is 6.32. The fourth-order valence-corrected chi connectivity index (χ4v) is 4.86. The molecule has 0 radical (unpaired) electrons. The number of aryl methyl sites for hydroxylation is 1. The Balaban J connectivity index is 1.36. The summed E-state index contributed by atoms with van der Waals surface area (Å²) in [5, 5.41) is 7.29. The molecule has 1 aromatic heterocycles. The van der Waals surface area contributed by atoms with Crippen LogP contribution in [0.25, 0.3) is 10.2 Å². The van der Waals surface area contributed by atoms with E-state index in [0.717, 1.165) is 55.5 Å². The molecule has 1 fully saturated rings. The number of unbranched alkanes of at least 4 members (excludes halogenated alkanes) is 1. The molecule has 2 N–H and O–H groups in total. The maximum Gasteiger partial charge on any atom is 0.223 e. The van der Waals surface area contributed by atoms with Gasteiger partial charge in [-0.05, 0) is 64.5 Å². The number of amides is 2. The SMILES string of the molecule is CC(C)NC(=O)C1CCCC(NC(=O)CCCCc2nc3ccccc3s2)C1. The van der Waals surface area contributed by atoms with Crippen molar-refractivity contribution in [1.29, 1.82) is 0 Å². The van der Waals surface area contributed by atoms with Crippen molar-refractivity contribution in [2.45, 2.75) is 77.3 Å². The number of para-hydroxylation sites is 1. The van der Waals surface area contributed by atoms with Gasteiger partial charge in [0.25, 0.3) is 0 Å². The van der Waals surface area contributed by atoms with E-state index < -0.39 is 0 Å². The Kier molecular flexibility index (Phi) is 7.43. The number of carbonyl (C=O) groups excluding carboxylic acids is 2. The Morgan fingerprint density at radius 1 is 1.21 bits per heavy atom. The van der Waals surface area contributed by atoms with E-state index in [1.807, 2.05) is 32.0 Å². The van der Waals surface area contributed by atoms with Gasteiger partial charge in [0.05, 0.1) is 15.2 Å². The van der Waals surface area contributed by atoms with Crippen molar-refractivity contribution in [1.82, 2.24) is 15.6 Å². The number of thiazole rings is 1. The largest absolute Gasteiger partial charge is 0.354 e. The minimum Gasteiger partial charge on any atom is -0.354 e. The summed E-state index contributed by atoms with van der Waals surface area (Å²) in [6, 6.07) is 8.49. The quantitative estimate of drug-likeness (QED) is 0.651. The highest BCUT2D eigenvalue weighted by Gasteiger charge is 2.28. The molecular formula is C22H31N3O2S.